The minimum absolute atomic E-state index is 0.0841. The molecule has 3 aliphatic heterocycles. The molecule has 4 heterocycles. The van der Waals surface area contributed by atoms with Crippen LogP contribution in [0.3, 0.4) is 0 Å². The van der Waals surface area contributed by atoms with E-state index in [0.717, 1.165) is 43.7 Å². The number of rotatable bonds is 6. The first-order valence-electron chi connectivity index (χ1n) is 9.69. The van der Waals surface area contributed by atoms with Gasteiger partial charge in [-0.3, -0.25) is 9.69 Å². The van der Waals surface area contributed by atoms with Crippen LogP contribution in [0.1, 0.15) is 24.1 Å². The largest absolute Gasteiger partial charge is 0.460 e. The quantitative estimate of drug-likeness (QED) is 0.786. The van der Waals surface area contributed by atoms with E-state index in [2.05, 4.69) is 9.88 Å². The highest BCUT2D eigenvalue weighted by atomic mass is 16.5. The van der Waals surface area contributed by atoms with E-state index in [1.165, 1.54) is 0 Å². The Hall–Kier alpha value is -2.18. The second-order valence-corrected chi connectivity index (χ2v) is 7.88. The predicted molar refractivity (Wildman–Crippen MR) is 101 cm³/mol. The summed E-state index contributed by atoms with van der Waals surface area (Å²) >= 11 is 0. The number of hydrogen-bond acceptors (Lipinski definition) is 5. The molecule has 6 heteroatoms. The number of aliphatic hydroxyl groups is 1. The van der Waals surface area contributed by atoms with Gasteiger partial charge in [-0.05, 0) is 44.3 Å². The van der Waals surface area contributed by atoms with E-state index in [1.807, 2.05) is 48.0 Å². The summed E-state index contributed by atoms with van der Waals surface area (Å²) in [5.41, 5.74) is 0.506. The highest BCUT2D eigenvalue weighted by Gasteiger charge is 2.45. The molecule has 6 nitrogen and oxygen atoms in total. The van der Waals surface area contributed by atoms with Crippen molar-refractivity contribution in [2.24, 2.45) is 5.92 Å². The molecule has 3 saturated heterocycles. The lowest BCUT2D eigenvalue weighted by molar-refractivity contribution is -0.168. The number of esters is 1. The van der Waals surface area contributed by atoms with Crippen LogP contribution in [0.15, 0.2) is 42.9 Å². The average molecular weight is 369 g/mol. The van der Waals surface area contributed by atoms with Crippen molar-refractivity contribution in [3.63, 3.8) is 0 Å². The Kier molecular flexibility index (Phi) is 5.02. The van der Waals surface area contributed by atoms with Gasteiger partial charge in [-0.15, -0.1) is 0 Å². The van der Waals surface area contributed by atoms with Gasteiger partial charge in [0.1, 0.15) is 11.5 Å². The summed E-state index contributed by atoms with van der Waals surface area (Å²) in [5, 5.41) is 10.4. The van der Waals surface area contributed by atoms with Crippen molar-refractivity contribution >= 4 is 5.97 Å². The molecule has 0 aliphatic carbocycles. The zero-order valence-corrected chi connectivity index (χ0v) is 15.8. The van der Waals surface area contributed by atoms with Crippen LogP contribution in [-0.2, 0) is 21.5 Å². The molecular formula is C21H27N3O3. The van der Waals surface area contributed by atoms with Gasteiger partial charge in [0.15, 0.2) is 0 Å². The van der Waals surface area contributed by atoms with E-state index in [4.69, 9.17) is 4.74 Å². The number of benzene rings is 1. The number of carbonyl (C=O) groups excluding carboxylic acids is 1. The summed E-state index contributed by atoms with van der Waals surface area (Å²) in [6, 6.07) is 9.46. The zero-order valence-electron chi connectivity index (χ0n) is 15.8. The van der Waals surface area contributed by atoms with Crippen molar-refractivity contribution < 1.29 is 14.6 Å². The Labute approximate surface area is 159 Å². The number of aliphatic hydroxyl groups excluding tert-OH is 1. The average Bonchev–Trinajstić information content (AvgIpc) is 3.12. The molecule has 3 aliphatic rings. The van der Waals surface area contributed by atoms with Crippen LogP contribution in [0.4, 0.5) is 0 Å². The third kappa shape index (κ3) is 3.51. The highest BCUT2D eigenvalue weighted by Crippen LogP contribution is 2.33. The number of hydrogen-bond donors (Lipinski definition) is 1. The maximum Gasteiger partial charge on any atom is 0.321 e. The van der Waals surface area contributed by atoms with Gasteiger partial charge in [0.25, 0.3) is 0 Å². The second kappa shape index (κ2) is 7.44. The third-order valence-electron chi connectivity index (χ3n) is 6.06. The summed E-state index contributed by atoms with van der Waals surface area (Å²) in [6.45, 7) is 4.89. The van der Waals surface area contributed by atoms with Crippen LogP contribution in [0.2, 0.25) is 0 Å². The molecule has 2 atom stereocenters. The summed E-state index contributed by atoms with van der Waals surface area (Å²) in [6.07, 6.45) is 5.66. The van der Waals surface area contributed by atoms with Gasteiger partial charge in [-0.1, -0.05) is 30.3 Å². The second-order valence-electron chi connectivity index (χ2n) is 7.88. The van der Waals surface area contributed by atoms with Gasteiger partial charge in [0, 0.05) is 19.3 Å². The molecule has 0 spiro atoms. The Morgan fingerprint density at radius 3 is 2.59 bits per heavy atom. The Balaban J connectivity index is 1.63. The monoisotopic (exact) mass is 369 g/mol. The molecule has 2 aromatic rings. The van der Waals surface area contributed by atoms with Crippen molar-refractivity contribution in [1.82, 2.24) is 14.5 Å². The van der Waals surface area contributed by atoms with E-state index in [0.29, 0.717) is 12.5 Å². The lowest BCUT2D eigenvalue weighted by Crippen LogP contribution is -2.54. The van der Waals surface area contributed by atoms with E-state index in [1.54, 1.807) is 6.33 Å². The van der Waals surface area contributed by atoms with E-state index < -0.39 is 5.41 Å². The van der Waals surface area contributed by atoms with Gasteiger partial charge in [-0.25, -0.2) is 4.98 Å². The predicted octanol–water partition coefficient (Wildman–Crippen LogP) is 1.76. The SMILES string of the molecule is Cc1cn(CC(CO)(C(=O)OC2CN3CCC2CC3)c2ccccc2)cn1. The fraction of sp³-hybridized carbons (Fsp3) is 0.524. The molecular weight excluding hydrogens is 342 g/mol. The smallest absolute Gasteiger partial charge is 0.321 e. The first kappa shape index (κ1) is 18.2. The lowest BCUT2D eigenvalue weighted by Gasteiger charge is -2.45. The van der Waals surface area contributed by atoms with Crippen LogP contribution in [0, 0.1) is 12.8 Å². The summed E-state index contributed by atoms with van der Waals surface area (Å²) in [7, 11) is 0. The molecule has 3 fully saturated rings. The molecule has 27 heavy (non-hydrogen) atoms. The maximum absolute atomic E-state index is 13.4. The number of ether oxygens (including phenoxy) is 1. The number of piperidine rings is 3. The fourth-order valence-corrected chi connectivity index (χ4v) is 4.40. The Morgan fingerprint density at radius 1 is 1.30 bits per heavy atom. The standard InChI is InChI=1S/C21H27N3O3/c1-16-11-24(15-22-16)13-21(14-25,18-5-3-2-4-6-18)20(26)27-19-12-23-9-7-17(19)8-10-23/h2-6,11,15,17,19,25H,7-10,12-14H2,1H3. The van der Waals surface area contributed by atoms with E-state index in [9.17, 15) is 9.90 Å². The molecule has 144 valence electrons. The van der Waals surface area contributed by atoms with Gasteiger partial charge in [0.2, 0.25) is 0 Å². The number of fused-ring (bicyclic) bond motifs is 3. The molecule has 2 bridgehead atoms. The Morgan fingerprint density at radius 2 is 2.04 bits per heavy atom. The number of nitrogens with zero attached hydrogens (tertiary/aromatic N) is 3. The van der Waals surface area contributed by atoms with Gasteiger partial charge in [0.05, 0.1) is 18.6 Å². The van der Waals surface area contributed by atoms with Crippen molar-refractivity contribution in [1.29, 1.82) is 0 Å². The zero-order chi connectivity index (χ0) is 18.9. The van der Waals surface area contributed by atoms with Gasteiger partial charge in [-0.2, -0.15) is 0 Å². The third-order valence-corrected chi connectivity index (χ3v) is 6.06. The van der Waals surface area contributed by atoms with Crippen LogP contribution in [0.25, 0.3) is 0 Å². The molecule has 0 saturated carbocycles. The molecule has 1 aromatic heterocycles. The van der Waals surface area contributed by atoms with Gasteiger partial charge >= 0.3 is 5.97 Å². The molecule has 1 N–H and O–H groups in total. The van der Waals surface area contributed by atoms with Crippen LogP contribution >= 0.6 is 0 Å². The summed E-state index contributed by atoms with van der Waals surface area (Å²) in [5.74, 6) is 0.0860. The minimum atomic E-state index is -1.14. The topological polar surface area (TPSA) is 67.6 Å². The maximum atomic E-state index is 13.4. The molecule has 5 rings (SSSR count). The summed E-state index contributed by atoms with van der Waals surface area (Å²) < 4.78 is 7.90. The van der Waals surface area contributed by atoms with E-state index in [-0.39, 0.29) is 18.7 Å². The number of aryl methyl sites for hydroxylation is 1. The summed E-state index contributed by atoms with van der Waals surface area (Å²) in [4.78, 5) is 20.0. The van der Waals surface area contributed by atoms with E-state index >= 15 is 0 Å². The van der Waals surface area contributed by atoms with Crippen molar-refractivity contribution in [3.05, 3.63) is 54.1 Å². The molecule has 2 unspecified atom stereocenters. The van der Waals surface area contributed by atoms with Crippen molar-refractivity contribution in [2.45, 2.75) is 37.8 Å². The van der Waals surface area contributed by atoms with Crippen LogP contribution in [0.5, 0.6) is 0 Å². The van der Waals surface area contributed by atoms with Crippen molar-refractivity contribution in [3.8, 4) is 0 Å². The van der Waals surface area contributed by atoms with Crippen LogP contribution < -0.4 is 0 Å². The first-order chi connectivity index (χ1) is 13.1. The molecule has 1 aromatic carbocycles. The number of carbonyl (C=O) groups is 1. The van der Waals surface area contributed by atoms with Crippen LogP contribution in [-0.4, -0.2) is 57.9 Å². The number of aromatic nitrogens is 2. The minimum Gasteiger partial charge on any atom is -0.460 e. The molecule has 0 radical (unpaired) electrons. The number of imidazole rings is 1. The highest BCUT2D eigenvalue weighted by molar-refractivity contribution is 5.83. The first-order valence-corrected chi connectivity index (χ1v) is 9.69. The Bertz CT molecular complexity index is 783. The fourth-order valence-electron chi connectivity index (χ4n) is 4.40. The lowest BCUT2D eigenvalue weighted by atomic mass is 9.80. The van der Waals surface area contributed by atoms with Gasteiger partial charge < -0.3 is 14.4 Å². The molecule has 0 amide bonds. The normalized spacial score (nSPS) is 26.5. The van der Waals surface area contributed by atoms with Crippen molar-refractivity contribution in [2.75, 3.05) is 26.2 Å².